The van der Waals surface area contributed by atoms with Crippen LogP contribution in [0.3, 0.4) is 0 Å². The van der Waals surface area contributed by atoms with Crippen molar-refractivity contribution in [1.82, 2.24) is 0 Å². The molecule has 0 aliphatic heterocycles. The van der Waals surface area contributed by atoms with Crippen LogP contribution in [0.1, 0.15) is 28.8 Å². The van der Waals surface area contributed by atoms with Gasteiger partial charge in [0.25, 0.3) is 5.91 Å². The monoisotopic (exact) mass is 312 g/mol. The molecule has 0 unspecified atom stereocenters. The molecular formula is C18H17FN2O2. The van der Waals surface area contributed by atoms with Gasteiger partial charge < -0.3 is 10.6 Å². The molecular weight excluding hydrogens is 295 g/mol. The number of halogens is 1. The highest BCUT2D eigenvalue weighted by atomic mass is 19.1. The van der Waals surface area contributed by atoms with Crippen molar-refractivity contribution in [3.8, 4) is 0 Å². The van der Waals surface area contributed by atoms with Gasteiger partial charge in [0, 0.05) is 22.9 Å². The Hall–Kier alpha value is -2.69. The van der Waals surface area contributed by atoms with Gasteiger partial charge in [-0.05, 0) is 61.7 Å². The van der Waals surface area contributed by atoms with Crippen LogP contribution in [-0.2, 0) is 4.79 Å². The number of carbonyl (C=O) groups is 2. The second-order valence-electron chi connectivity index (χ2n) is 5.75. The largest absolute Gasteiger partial charge is 0.326 e. The number of anilines is 2. The van der Waals surface area contributed by atoms with E-state index in [0.717, 1.165) is 18.4 Å². The van der Waals surface area contributed by atoms with Crippen LogP contribution in [0.2, 0.25) is 0 Å². The summed E-state index contributed by atoms with van der Waals surface area (Å²) >= 11 is 0. The van der Waals surface area contributed by atoms with Crippen LogP contribution >= 0.6 is 0 Å². The third kappa shape index (κ3) is 3.74. The third-order valence-electron chi connectivity index (χ3n) is 3.81. The molecule has 5 heteroatoms. The fourth-order valence-electron chi connectivity index (χ4n) is 2.22. The molecule has 0 saturated heterocycles. The maximum Gasteiger partial charge on any atom is 0.255 e. The van der Waals surface area contributed by atoms with Crippen molar-refractivity contribution in [2.24, 2.45) is 5.92 Å². The maximum atomic E-state index is 12.9. The van der Waals surface area contributed by atoms with E-state index in [9.17, 15) is 14.0 Å². The molecule has 0 aromatic heterocycles. The van der Waals surface area contributed by atoms with Gasteiger partial charge in [-0.25, -0.2) is 4.39 Å². The molecule has 2 N–H and O–H groups in total. The highest BCUT2D eigenvalue weighted by Crippen LogP contribution is 2.31. The molecule has 2 aromatic rings. The smallest absolute Gasteiger partial charge is 0.255 e. The Morgan fingerprint density at radius 3 is 2.39 bits per heavy atom. The number of rotatable bonds is 4. The number of hydrogen-bond donors (Lipinski definition) is 2. The highest BCUT2D eigenvalue weighted by molar-refractivity contribution is 6.04. The van der Waals surface area contributed by atoms with Crippen molar-refractivity contribution in [2.45, 2.75) is 19.8 Å². The summed E-state index contributed by atoms with van der Waals surface area (Å²) in [4.78, 5) is 24.0. The molecule has 2 amide bonds. The molecule has 23 heavy (non-hydrogen) atoms. The summed E-state index contributed by atoms with van der Waals surface area (Å²) in [5.41, 5.74) is 2.57. The van der Waals surface area contributed by atoms with Crippen LogP contribution in [0, 0.1) is 18.7 Å². The van der Waals surface area contributed by atoms with Gasteiger partial charge in [-0.2, -0.15) is 0 Å². The van der Waals surface area contributed by atoms with Crippen LogP contribution in [0.25, 0.3) is 0 Å². The molecule has 0 heterocycles. The molecule has 1 fully saturated rings. The third-order valence-corrected chi connectivity index (χ3v) is 3.81. The standard InChI is InChI=1S/C18H17FN2O2/c1-11-2-9-15(10-16(11)21-18(23)12-3-4-12)20-17(22)13-5-7-14(19)8-6-13/h2,5-10,12H,3-4H2,1H3,(H,20,22)(H,21,23). The maximum absolute atomic E-state index is 12.9. The molecule has 1 saturated carbocycles. The molecule has 1 aliphatic rings. The van der Waals surface area contributed by atoms with E-state index < -0.39 is 0 Å². The second-order valence-corrected chi connectivity index (χ2v) is 5.75. The summed E-state index contributed by atoms with van der Waals surface area (Å²) in [7, 11) is 0. The van der Waals surface area contributed by atoms with Gasteiger partial charge in [-0.15, -0.1) is 0 Å². The average molecular weight is 312 g/mol. The van der Waals surface area contributed by atoms with E-state index in [2.05, 4.69) is 10.6 Å². The first-order valence-electron chi connectivity index (χ1n) is 7.51. The van der Waals surface area contributed by atoms with Crippen LogP contribution in [-0.4, -0.2) is 11.8 Å². The summed E-state index contributed by atoms with van der Waals surface area (Å²) < 4.78 is 12.9. The van der Waals surface area contributed by atoms with E-state index in [1.807, 2.05) is 13.0 Å². The zero-order valence-corrected chi connectivity index (χ0v) is 12.7. The predicted molar refractivity (Wildman–Crippen MR) is 86.9 cm³/mol. The van der Waals surface area contributed by atoms with Gasteiger partial charge in [-0.1, -0.05) is 6.07 Å². The Morgan fingerprint density at radius 2 is 1.74 bits per heavy atom. The lowest BCUT2D eigenvalue weighted by Crippen LogP contribution is -2.15. The lowest BCUT2D eigenvalue weighted by atomic mass is 10.1. The molecule has 4 nitrogen and oxygen atoms in total. The molecule has 0 radical (unpaired) electrons. The van der Waals surface area contributed by atoms with Gasteiger partial charge in [0.05, 0.1) is 0 Å². The van der Waals surface area contributed by atoms with E-state index in [-0.39, 0.29) is 23.5 Å². The number of nitrogens with one attached hydrogen (secondary N) is 2. The molecule has 0 spiro atoms. The van der Waals surface area contributed by atoms with Crippen LogP contribution in [0.4, 0.5) is 15.8 Å². The summed E-state index contributed by atoms with van der Waals surface area (Å²) in [5, 5.41) is 5.64. The first kappa shape index (κ1) is 15.2. The fraction of sp³-hybridized carbons (Fsp3) is 0.222. The Kier molecular flexibility index (Phi) is 4.10. The van der Waals surface area contributed by atoms with Crippen LogP contribution in [0.5, 0.6) is 0 Å². The Labute approximate surface area is 133 Å². The molecule has 3 rings (SSSR count). The fourth-order valence-corrected chi connectivity index (χ4v) is 2.22. The lowest BCUT2D eigenvalue weighted by molar-refractivity contribution is -0.117. The number of amides is 2. The SMILES string of the molecule is Cc1ccc(NC(=O)c2ccc(F)cc2)cc1NC(=O)C1CC1. The molecule has 0 atom stereocenters. The Morgan fingerprint density at radius 1 is 1.04 bits per heavy atom. The topological polar surface area (TPSA) is 58.2 Å². The minimum atomic E-state index is -0.387. The van der Waals surface area contributed by atoms with Crippen molar-refractivity contribution in [3.63, 3.8) is 0 Å². The summed E-state index contributed by atoms with van der Waals surface area (Å²) in [6.07, 6.45) is 1.87. The van der Waals surface area contributed by atoms with Crippen molar-refractivity contribution < 1.29 is 14.0 Å². The summed E-state index contributed by atoms with van der Waals surface area (Å²) in [5.74, 6) is -0.572. The number of hydrogen-bond acceptors (Lipinski definition) is 2. The second kappa shape index (κ2) is 6.20. The number of benzene rings is 2. The van der Waals surface area contributed by atoms with Gasteiger partial charge in [0.2, 0.25) is 5.91 Å². The summed E-state index contributed by atoms with van der Waals surface area (Å²) in [6, 6.07) is 10.7. The zero-order valence-electron chi connectivity index (χ0n) is 12.7. The Balaban J connectivity index is 1.73. The van der Waals surface area contributed by atoms with E-state index >= 15 is 0 Å². The number of carbonyl (C=O) groups excluding carboxylic acids is 2. The number of aryl methyl sites for hydroxylation is 1. The van der Waals surface area contributed by atoms with Gasteiger partial charge in [0.15, 0.2) is 0 Å². The van der Waals surface area contributed by atoms with Gasteiger partial charge in [0.1, 0.15) is 5.82 Å². The highest BCUT2D eigenvalue weighted by Gasteiger charge is 2.29. The summed E-state index contributed by atoms with van der Waals surface area (Å²) in [6.45, 7) is 1.90. The van der Waals surface area contributed by atoms with E-state index in [4.69, 9.17) is 0 Å². The van der Waals surface area contributed by atoms with E-state index in [1.54, 1.807) is 12.1 Å². The minimum Gasteiger partial charge on any atom is -0.326 e. The van der Waals surface area contributed by atoms with Crippen molar-refractivity contribution in [3.05, 3.63) is 59.4 Å². The van der Waals surface area contributed by atoms with Crippen molar-refractivity contribution >= 4 is 23.2 Å². The molecule has 118 valence electrons. The Bertz CT molecular complexity index is 752. The first-order valence-corrected chi connectivity index (χ1v) is 7.51. The first-order chi connectivity index (χ1) is 11.0. The predicted octanol–water partition coefficient (Wildman–Crippen LogP) is 3.73. The minimum absolute atomic E-state index is 0.0233. The molecule has 1 aliphatic carbocycles. The van der Waals surface area contributed by atoms with E-state index in [1.165, 1.54) is 24.3 Å². The van der Waals surface area contributed by atoms with Crippen molar-refractivity contribution in [2.75, 3.05) is 10.6 Å². The molecule has 2 aromatic carbocycles. The van der Waals surface area contributed by atoms with E-state index in [0.29, 0.717) is 16.9 Å². The van der Waals surface area contributed by atoms with Crippen LogP contribution in [0.15, 0.2) is 42.5 Å². The average Bonchev–Trinajstić information content (AvgIpc) is 3.36. The van der Waals surface area contributed by atoms with Gasteiger partial charge in [-0.3, -0.25) is 9.59 Å². The van der Waals surface area contributed by atoms with Gasteiger partial charge >= 0.3 is 0 Å². The van der Waals surface area contributed by atoms with Crippen molar-refractivity contribution in [1.29, 1.82) is 0 Å². The lowest BCUT2D eigenvalue weighted by Gasteiger charge is -2.11. The normalized spacial score (nSPS) is 13.5. The molecule has 0 bridgehead atoms. The quantitative estimate of drug-likeness (QED) is 0.903. The zero-order chi connectivity index (χ0) is 16.4. The van der Waals surface area contributed by atoms with Crippen LogP contribution < -0.4 is 10.6 Å².